The fraction of sp³-hybridized carbons (Fsp3) is 0.467. The Bertz CT molecular complexity index is 501. The molecule has 0 saturated heterocycles. The fourth-order valence-electron chi connectivity index (χ4n) is 1.80. The lowest BCUT2D eigenvalue weighted by molar-refractivity contribution is -0.117. The van der Waals surface area contributed by atoms with E-state index < -0.39 is 0 Å². The largest absolute Gasteiger partial charge is 0.494 e. The van der Waals surface area contributed by atoms with Crippen molar-refractivity contribution in [2.45, 2.75) is 26.7 Å². The van der Waals surface area contributed by atoms with Gasteiger partial charge in [0.15, 0.2) is 0 Å². The van der Waals surface area contributed by atoms with Crippen molar-refractivity contribution >= 4 is 23.2 Å². The van der Waals surface area contributed by atoms with Crippen LogP contribution in [0.15, 0.2) is 18.2 Å². The first-order chi connectivity index (χ1) is 9.96. The molecule has 2 amide bonds. The third-order valence-corrected chi connectivity index (χ3v) is 2.72. The average molecular weight is 293 g/mol. The Morgan fingerprint density at radius 3 is 2.52 bits per heavy atom. The van der Waals surface area contributed by atoms with Crippen molar-refractivity contribution in [2.75, 3.05) is 24.3 Å². The van der Waals surface area contributed by atoms with Crippen LogP contribution in [0, 0.1) is 5.92 Å². The van der Waals surface area contributed by atoms with E-state index in [0.29, 0.717) is 30.1 Å². The summed E-state index contributed by atoms with van der Waals surface area (Å²) in [7, 11) is 1.51. The van der Waals surface area contributed by atoms with Crippen molar-refractivity contribution in [3.8, 4) is 5.75 Å². The van der Waals surface area contributed by atoms with Crippen LogP contribution in [-0.4, -0.2) is 25.5 Å². The number of methoxy groups -OCH3 is 1. The molecule has 0 unspecified atom stereocenters. The van der Waals surface area contributed by atoms with Crippen molar-refractivity contribution in [3.05, 3.63) is 18.2 Å². The van der Waals surface area contributed by atoms with Gasteiger partial charge in [0, 0.05) is 31.1 Å². The van der Waals surface area contributed by atoms with Crippen LogP contribution in [0.2, 0.25) is 0 Å². The van der Waals surface area contributed by atoms with Gasteiger partial charge in [0.1, 0.15) is 5.75 Å². The zero-order valence-corrected chi connectivity index (χ0v) is 12.7. The quantitative estimate of drug-likeness (QED) is 0.716. The normalized spacial score (nSPS) is 10.3. The lowest BCUT2D eigenvalue weighted by Gasteiger charge is -2.13. The van der Waals surface area contributed by atoms with E-state index in [4.69, 9.17) is 10.5 Å². The van der Waals surface area contributed by atoms with Crippen LogP contribution >= 0.6 is 0 Å². The zero-order chi connectivity index (χ0) is 15.8. The van der Waals surface area contributed by atoms with Crippen LogP contribution in [0.3, 0.4) is 0 Å². The minimum atomic E-state index is -0.156. The molecule has 0 bridgehead atoms. The molecule has 0 aliphatic carbocycles. The van der Waals surface area contributed by atoms with E-state index in [1.807, 2.05) is 13.8 Å². The van der Waals surface area contributed by atoms with Gasteiger partial charge < -0.3 is 21.1 Å². The lowest BCUT2D eigenvalue weighted by atomic mass is 10.1. The van der Waals surface area contributed by atoms with E-state index in [2.05, 4.69) is 10.6 Å². The third-order valence-electron chi connectivity index (χ3n) is 2.72. The van der Waals surface area contributed by atoms with Crippen LogP contribution in [0.4, 0.5) is 11.4 Å². The molecule has 0 radical (unpaired) electrons. The van der Waals surface area contributed by atoms with Crippen LogP contribution < -0.4 is 21.1 Å². The molecular weight excluding hydrogens is 270 g/mol. The van der Waals surface area contributed by atoms with Crippen molar-refractivity contribution in [3.63, 3.8) is 0 Å². The van der Waals surface area contributed by atoms with Crippen molar-refractivity contribution in [1.29, 1.82) is 0 Å². The number of amides is 2. The zero-order valence-electron chi connectivity index (χ0n) is 12.7. The topological polar surface area (TPSA) is 93.4 Å². The van der Waals surface area contributed by atoms with Gasteiger partial charge in [-0.15, -0.1) is 0 Å². The SMILES string of the molecule is COc1cc(NC(=O)CCN)ccc1NC(=O)CC(C)C. The van der Waals surface area contributed by atoms with Gasteiger partial charge in [-0.3, -0.25) is 9.59 Å². The number of nitrogens with two attached hydrogens (primary N) is 1. The van der Waals surface area contributed by atoms with Gasteiger partial charge >= 0.3 is 0 Å². The van der Waals surface area contributed by atoms with Gasteiger partial charge in [-0.05, 0) is 18.1 Å². The second kappa shape index (κ2) is 8.26. The van der Waals surface area contributed by atoms with E-state index in [0.717, 1.165) is 0 Å². The average Bonchev–Trinajstić information content (AvgIpc) is 2.39. The number of benzene rings is 1. The predicted molar refractivity (Wildman–Crippen MR) is 83.4 cm³/mol. The third kappa shape index (κ3) is 5.83. The molecule has 4 N–H and O–H groups in total. The fourth-order valence-corrected chi connectivity index (χ4v) is 1.80. The Hall–Kier alpha value is -2.08. The number of ether oxygens (including phenoxy) is 1. The number of carbonyl (C=O) groups excluding carboxylic acids is 2. The first-order valence-corrected chi connectivity index (χ1v) is 6.94. The molecule has 0 aromatic heterocycles. The van der Waals surface area contributed by atoms with Gasteiger partial charge in [-0.2, -0.15) is 0 Å². The standard InChI is InChI=1S/C15H23N3O3/c1-10(2)8-15(20)18-12-5-4-11(9-13(12)21-3)17-14(19)6-7-16/h4-5,9-10H,6-8,16H2,1-3H3,(H,17,19)(H,18,20). The van der Waals surface area contributed by atoms with Gasteiger partial charge in [0.2, 0.25) is 11.8 Å². The summed E-state index contributed by atoms with van der Waals surface area (Å²) in [6, 6.07) is 5.08. The van der Waals surface area contributed by atoms with Crippen LogP contribution in [0.1, 0.15) is 26.7 Å². The van der Waals surface area contributed by atoms with Crippen molar-refractivity contribution < 1.29 is 14.3 Å². The Morgan fingerprint density at radius 1 is 1.24 bits per heavy atom. The number of nitrogens with one attached hydrogen (secondary N) is 2. The van der Waals surface area contributed by atoms with Gasteiger partial charge in [-0.1, -0.05) is 13.8 Å². The van der Waals surface area contributed by atoms with E-state index in [9.17, 15) is 9.59 Å². The van der Waals surface area contributed by atoms with Crippen LogP contribution in [0.5, 0.6) is 5.75 Å². The molecular formula is C15H23N3O3. The lowest BCUT2D eigenvalue weighted by Crippen LogP contribution is -2.17. The summed E-state index contributed by atoms with van der Waals surface area (Å²) in [6.45, 7) is 4.26. The highest BCUT2D eigenvalue weighted by Crippen LogP contribution is 2.28. The molecule has 6 heteroatoms. The van der Waals surface area contributed by atoms with Gasteiger partial charge in [-0.25, -0.2) is 0 Å². The molecule has 0 aliphatic heterocycles. The summed E-state index contributed by atoms with van der Waals surface area (Å²) >= 11 is 0. The summed E-state index contributed by atoms with van der Waals surface area (Å²) in [6.07, 6.45) is 0.702. The Balaban J connectivity index is 2.79. The van der Waals surface area contributed by atoms with Gasteiger partial charge in [0.25, 0.3) is 0 Å². The summed E-state index contributed by atoms with van der Waals surface area (Å²) in [4.78, 5) is 23.3. The minimum absolute atomic E-state index is 0.0665. The number of hydrogen-bond acceptors (Lipinski definition) is 4. The van der Waals surface area contributed by atoms with E-state index in [-0.39, 0.29) is 24.2 Å². The molecule has 0 aliphatic rings. The highest BCUT2D eigenvalue weighted by molar-refractivity contribution is 5.94. The number of hydrogen-bond donors (Lipinski definition) is 3. The maximum Gasteiger partial charge on any atom is 0.225 e. The predicted octanol–water partition coefficient (Wildman–Crippen LogP) is 1.97. The second-order valence-corrected chi connectivity index (χ2v) is 5.15. The van der Waals surface area contributed by atoms with Crippen LogP contribution in [0.25, 0.3) is 0 Å². The maximum absolute atomic E-state index is 11.8. The molecule has 1 rings (SSSR count). The second-order valence-electron chi connectivity index (χ2n) is 5.15. The molecule has 0 fully saturated rings. The molecule has 116 valence electrons. The first kappa shape index (κ1) is 17.0. The maximum atomic E-state index is 11.8. The highest BCUT2D eigenvalue weighted by atomic mass is 16.5. The molecule has 0 saturated carbocycles. The molecule has 0 atom stereocenters. The summed E-state index contributed by atoms with van der Waals surface area (Å²) in [5, 5.41) is 5.52. The Labute approximate surface area is 125 Å². The highest BCUT2D eigenvalue weighted by Gasteiger charge is 2.11. The van der Waals surface area contributed by atoms with E-state index in [1.54, 1.807) is 18.2 Å². The number of carbonyl (C=O) groups is 2. The molecule has 0 heterocycles. The molecule has 6 nitrogen and oxygen atoms in total. The Morgan fingerprint density at radius 2 is 1.95 bits per heavy atom. The minimum Gasteiger partial charge on any atom is -0.494 e. The monoisotopic (exact) mass is 293 g/mol. The van der Waals surface area contributed by atoms with Crippen molar-refractivity contribution in [1.82, 2.24) is 0 Å². The Kier molecular flexibility index (Phi) is 6.68. The number of rotatable bonds is 7. The van der Waals surface area contributed by atoms with Crippen molar-refractivity contribution in [2.24, 2.45) is 11.7 Å². The van der Waals surface area contributed by atoms with Gasteiger partial charge in [0.05, 0.1) is 12.8 Å². The summed E-state index contributed by atoms with van der Waals surface area (Å²) in [5.74, 6) is 0.558. The summed E-state index contributed by atoms with van der Waals surface area (Å²) < 4.78 is 5.24. The molecule has 0 spiro atoms. The smallest absolute Gasteiger partial charge is 0.225 e. The molecule has 1 aromatic carbocycles. The molecule has 21 heavy (non-hydrogen) atoms. The van der Waals surface area contributed by atoms with E-state index >= 15 is 0 Å². The molecule has 1 aromatic rings. The first-order valence-electron chi connectivity index (χ1n) is 6.94. The van der Waals surface area contributed by atoms with E-state index in [1.165, 1.54) is 7.11 Å². The number of anilines is 2. The summed E-state index contributed by atoms with van der Waals surface area (Å²) in [5.41, 5.74) is 6.51. The van der Waals surface area contributed by atoms with Crippen LogP contribution in [-0.2, 0) is 9.59 Å².